The predicted octanol–water partition coefficient (Wildman–Crippen LogP) is 4.67. The van der Waals surface area contributed by atoms with Gasteiger partial charge in [-0.1, -0.05) is 12.1 Å². The average Bonchev–Trinajstić information content (AvgIpc) is 2.85. The first-order chi connectivity index (χ1) is 8.15. The number of para-hydroxylation sites is 1. The number of aromatic amines is 1. The van der Waals surface area contributed by atoms with Crippen molar-refractivity contribution in [1.82, 2.24) is 9.97 Å². The van der Waals surface area contributed by atoms with E-state index in [9.17, 15) is 0 Å². The third-order valence-electron chi connectivity index (χ3n) is 2.81. The fraction of sp³-hybridized carbons (Fsp3) is 0.154. The lowest BCUT2D eigenvalue weighted by molar-refractivity contribution is 1.35. The van der Waals surface area contributed by atoms with Gasteiger partial charge in [0, 0.05) is 0 Å². The van der Waals surface area contributed by atoms with Crippen molar-refractivity contribution in [3.8, 4) is 10.7 Å². The number of hydrogen-bond donors (Lipinski definition) is 1. The molecule has 0 saturated heterocycles. The van der Waals surface area contributed by atoms with Crippen LogP contribution in [-0.2, 0) is 0 Å². The number of halogens is 1. The lowest BCUT2D eigenvalue weighted by Crippen LogP contribution is -1.75. The molecule has 0 radical (unpaired) electrons. The number of H-pyrrole nitrogens is 1. The number of rotatable bonds is 1. The van der Waals surface area contributed by atoms with Crippen LogP contribution in [0.25, 0.3) is 21.7 Å². The van der Waals surface area contributed by atoms with Crippen molar-refractivity contribution in [2.45, 2.75) is 13.8 Å². The van der Waals surface area contributed by atoms with Crippen LogP contribution in [0.1, 0.15) is 11.1 Å². The Balaban J connectivity index is 2.21. The summed E-state index contributed by atoms with van der Waals surface area (Å²) in [7, 11) is 0. The lowest BCUT2D eigenvalue weighted by Gasteiger charge is -1.90. The molecule has 0 atom stereocenters. The summed E-state index contributed by atoms with van der Waals surface area (Å²) in [5.41, 5.74) is 4.62. The molecule has 0 spiro atoms. The van der Waals surface area contributed by atoms with Crippen LogP contribution in [0, 0.1) is 13.8 Å². The molecule has 0 aliphatic rings. The zero-order valence-electron chi connectivity index (χ0n) is 9.54. The Bertz CT molecular complexity index is 677. The van der Waals surface area contributed by atoms with Crippen LogP contribution in [0.15, 0.2) is 28.1 Å². The van der Waals surface area contributed by atoms with Gasteiger partial charge in [-0.05, 0) is 53.0 Å². The van der Waals surface area contributed by atoms with Crippen LogP contribution >= 0.6 is 27.3 Å². The Labute approximate surface area is 112 Å². The smallest absolute Gasteiger partial charge is 0.148 e. The van der Waals surface area contributed by atoms with Crippen molar-refractivity contribution in [3.63, 3.8) is 0 Å². The van der Waals surface area contributed by atoms with Crippen molar-refractivity contribution in [2.24, 2.45) is 0 Å². The van der Waals surface area contributed by atoms with Crippen molar-refractivity contribution >= 4 is 38.3 Å². The highest BCUT2D eigenvalue weighted by atomic mass is 79.9. The van der Waals surface area contributed by atoms with E-state index in [4.69, 9.17) is 0 Å². The highest BCUT2D eigenvalue weighted by Gasteiger charge is 2.10. The van der Waals surface area contributed by atoms with E-state index < -0.39 is 0 Å². The number of hydrogen-bond acceptors (Lipinski definition) is 2. The van der Waals surface area contributed by atoms with Crippen LogP contribution < -0.4 is 0 Å². The molecule has 17 heavy (non-hydrogen) atoms. The van der Waals surface area contributed by atoms with E-state index in [1.165, 1.54) is 19.8 Å². The van der Waals surface area contributed by atoms with E-state index in [1.54, 1.807) is 11.3 Å². The number of nitrogens with one attached hydrogen (secondary N) is 1. The van der Waals surface area contributed by atoms with Gasteiger partial charge in [-0.25, -0.2) is 4.98 Å². The molecule has 2 nitrogen and oxygen atoms in total. The molecule has 2 heterocycles. The summed E-state index contributed by atoms with van der Waals surface area (Å²) in [6.07, 6.45) is 0. The standard InChI is InChI=1S/C13H11BrN2S/c1-7-4-3-5-9-11(7)16-13(15-9)10-6-8(2)12(14)17-10/h3-6H,1-2H3,(H,15,16). The van der Waals surface area contributed by atoms with Gasteiger partial charge in [-0.3, -0.25) is 0 Å². The van der Waals surface area contributed by atoms with Gasteiger partial charge in [-0.15, -0.1) is 11.3 Å². The van der Waals surface area contributed by atoms with Crippen LogP contribution in [0.2, 0.25) is 0 Å². The molecule has 4 heteroatoms. The minimum absolute atomic E-state index is 0.952. The molecule has 0 bridgehead atoms. The van der Waals surface area contributed by atoms with Crippen molar-refractivity contribution in [1.29, 1.82) is 0 Å². The number of fused-ring (bicyclic) bond motifs is 1. The summed E-state index contributed by atoms with van der Waals surface area (Å²) < 4.78 is 1.17. The lowest BCUT2D eigenvalue weighted by atomic mass is 10.2. The highest BCUT2D eigenvalue weighted by Crippen LogP contribution is 2.34. The maximum Gasteiger partial charge on any atom is 0.148 e. The quantitative estimate of drug-likeness (QED) is 0.695. The minimum atomic E-state index is 0.952. The summed E-state index contributed by atoms with van der Waals surface area (Å²) in [6.45, 7) is 4.18. The zero-order valence-corrected chi connectivity index (χ0v) is 11.9. The molecule has 0 aliphatic heterocycles. The number of imidazole rings is 1. The second-order valence-corrected chi connectivity index (χ2v) is 6.49. The van der Waals surface area contributed by atoms with Gasteiger partial charge in [0.05, 0.1) is 19.7 Å². The molecule has 3 rings (SSSR count). The fourth-order valence-electron chi connectivity index (χ4n) is 1.87. The Hall–Kier alpha value is -1.13. The van der Waals surface area contributed by atoms with E-state index in [-0.39, 0.29) is 0 Å². The van der Waals surface area contributed by atoms with E-state index in [1.807, 2.05) is 0 Å². The van der Waals surface area contributed by atoms with Crippen molar-refractivity contribution in [3.05, 3.63) is 39.2 Å². The SMILES string of the molecule is Cc1cc(-c2nc3c(C)cccc3[nH]2)sc1Br. The predicted molar refractivity (Wildman–Crippen MR) is 76.6 cm³/mol. The summed E-state index contributed by atoms with van der Waals surface area (Å²) in [5, 5.41) is 0. The molecule has 1 aromatic carbocycles. The first-order valence-corrected chi connectivity index (χ1v) is 6.98. The molecule has 0 saturated carbocycles. The van der Waals surface area contributed by atoms with Gasteiger partial charge < -0.3 is 4.98 Å². The van der Waals surface area contributed by atoms with Crippen molar-refractivity contribution < 1.29 is 0 Å². The van der Waals surface area contributed by atoms with Gasteiger partial charge in [0.2, 0.25) is 0 Å². The Morgan fingerprint density at radius 2 is 2.06 bits per heavy atom. The monoisotopic (exact) mass is 306 g/mol. The van der Waals surface area contributed by atoms with E-state index in [0.717, 1.165) is 16.9 Å². The maximum absolute atomic E-state index is 4.67. The summed E-state index contributed by atoms with van der Waals surface area (Å²) in [6, 6.07) is 8.36. The molecular formula is C13H11BrN2S. The van der Waals surface area contributed by atoms with Crippen LogP contribution in [-0.4, -0.2) is 9.97 Å². The number of aryl methyl sites for hydroxylation is 2. The number of aromatic nitrogens is 2. The number of benzene rings is 1. The van der Waals surface area contributed by atoms with E-state index in [0.29, 0.717) is 0 Å². The zero-order chi connectivity index (χ0) is 12.0. The largest absolute Gasteiger partial charge is 0.337 e. The molecule has 2 aromatic heterocycles. The van der Waals surface area contributed by atoms with Gasteiger partial charge in [0.15, 0.2) is 0 Å². The molecule has 0 fully saturated rings. The van der Waals surface area contributed by atoms with Crippen LogP contribution in [0.5, 0.6) is 0 Å². The van der Waals surface area contributed by atoms with Crippen LogP contribution in [0.4, 0.5) is 0 Å². The number of thiophene rings is 1. The first-order valence-electron chi connectivity index (χ1n) is 5.37. The van der Waals surface area contributed by atoms with E-state index in [2.05, 4.69) is 64.0 Å². The van der Waals surface area contributed by atoms with Gasteiger partial charge in [0.25, 0.3) is 0 Å². The molecule has 1 N–H and O–H groups in total. The van der Waals surface area contributed by atoms with Gasteiger partial charge in [-0.2, -0.15) is 0 Å². The van der Waals surface area contributed by atoms with E-state index >= 15 is 0 Å². The molecule has 0 amide bonds. The third kappa shape index (κ3) is 1.81. The third-order valence-corrected chi connectivity index (χ3v) is 4.95. The van der Waals surface area contributed by atoms with Crippen LogP contribution in [0.3, 0.4) is 0 Å². The molecule has 0 unspecified atom stereocenters. The second-order valence-electron chi connectivity index (χ2n) is 4.12. The topological polar surface area (TPSA) is 28.7 Å². The Morgan fingerprint density at radius 1 is 1.24 bits per heavy atom. The summed E-state index contributed by atoms with van der Waals surface area (Å²) >= 11 is 5.26. The average molecular weight is 307 g/mol. The molecule has 86 valence electrons. The Kier molecular flexibility index (Phi) is 2.56. The minimum Gasteiger partial charge on any atom is -0.337 e. The molecule has 3 aromatic rings. The fourth-order valence-corrected chi connectivity index (χ4v) is 3.35. The second kappa shape index (κ2) is 3.96. The van der Waals surface area contributed by atoms with Crippen molar-refractivity contribution in [2.75, 3.05) is 0 Å². The summed E-state index contributed by atoms with van der Waals surface area (Å²) in [5.74, 6) is 0.952. The number of nitrogens with zero attached hydrogens (tertiary/aromatic N) is 1. The molecule has 0 aliphatic carbocycles. The normalized spacial score (nSPS) is 11.2. The molecular weight excluding hydrogens is 296 g/mol. The highest BCUT2D eigenvalue weighted by molar-refractivity contribution is 9.11. The Morgan fingerprint density at radius 3 is 2.71 bits per heavy atom. The maximum atomic E-state index is 4.67. The summed E-state index contributed by atoms with van der Waals surface area (Å²) in [4.78, 5) is 9.21. The first kappa shape index (κ1) is 11.0. The van der Waals surface area contributed by atoms with Gasteiger partial charge >= 0.3 is 0 Å². The van der Waals surface area contributed by atoms with Gasteiger partial charge in [0.1, 0.15) is 5.82 Å².